The number of pyridine rings is 1. The molecule has 1 aliphatic heterocycles. The molecule has 242 valence electrons. The molecule has 0 N–H and O–H groups in total. The van der Waals surface area contributed by atoms with E-state index in [-0.39, 0.29) is 17.8 Å². The molecule has 2 aromatic heterocycles. The molecule has 2 aliphatic carbocycles. The van der Waals surface area contributed by atoms with Crippen LogP contribution in [-0.4, -0.2) is 19.9 Å². The molecule has 0 fully saturated rings. The van der Waals surface area contributed by atoms with Crippen LogP contribution in [0.15, 0.2) is 170 Å². The Balaban J connectivity index is 0.969. The smallest absolute Gasteiger partial charge is 0.165 e. The van der Waals surface area contributed by atoms with Crippen LogP contribution in [0.4, 0.5) is 0 Å². The first-order valence-corrected chi connectivity index (χ1v) is 17.5. The minimum Gasteiger partial charge on any atom is -0.461 e. The first-order chi connectivity index (χ1) is 25.3. The predicted octanol–water partition coefficient (Wildman–Crippen LogP) is 10.3. The van der Waals surface area contributed by atoms with Gasteiger partial charge in [-0.15, -0.1) is 0 Å². The van der Waals surface area contributed by atoms with E-state index in [1.165, 1.54) is 33.4 Å². The second-order valence-corrected chi connectivity index (χ2v) is 13.4. The van der Waals surface area contributed by atoms with E-state index >= 15 is 0 Å². The highest BCUT2D eigenvalue weighted by Gasteiger charge is 2.38. The van der Waals surface area contributed by atoms with Gasteiger partial charge in [-0.3, -0.25) is 4.98 Å². The number of allylic oxidation sites excluding steroid dienone is 4. The number of aromatic nitrogens is 4. The summed E-state index contributed by atoms with van der Waals surface area (Å²) in [5.41, 5.74) is 11.7. The fraction of sp³-hybridized carbons (Fsp3) is 0.0870. The van der Waals surface area contributed by atoms with Crippen molar-refractivity contribution in [3.8, 4) is 51.0 Å². The average molecular weight is 657 g/mol. The van der Waals surface area contributed by atoms with Crippen LogP contribution in [0.5, 0.6) is 5.75 Å². The Morgan fingerprint density at radius 2 is 1.20 bits per heavy atom. The Kier molecular flexibility index (Phi) is 7.02. The fourth-order valence-corrected chi connectivity index (χ4v) is 7.94. The van der Waals surface area contributed by atoms with Crippen molar-refractivity contribution in [2.75, 3.05) is 0 Å². The number of ether oxygens (including phenoxy) is 1. The Morgan fingerprint density at radius 3 is 1.92 bits per heavy atom. The van der Waals surface area contributed by atoms with Crippen LogP contribution in [0.3, 0.4) is 0 Å². The monoisotopic (exact) mass is 656 g/mol. The molecule has 0 saturated heterocycles. The molecule has 3 heterocycles. The molecule has 3 atom stereocenters. The van der Waals surface area contributed by atoms with E-state index in [4.69, 9.17) is 24.7 Å². The van der Waals surface area contributed by atoms with Crippen molar-refractivity contribution in [2.45, 2.75) is 24.2 Å². The van der Waals surface area contributed by atoms with E-state index in [1.807, 2.05) is 72.9 Å². The molecule has 0 spiro atoms. The predicted molar refractivity (Wildman–Crippen MR) is 201 cm³/mol. The Hall–Kier alpha value is -6.46. The Bertz CT molecular complexity index is 2430. The molecule has 10 rings (SSSR count). The van der Waals surface area contributed by atoms with Gasteiger partial charge < -0.3 is 4.74 Å². The minimum absolute atomic E-state index is 0.191. The summed E-state index contributed by atoms with van der Waals surface area (Å²) in [5.74, 6) is 4.50. The molecular formula is C46H32N4O. The van der Waals surface area contributed by atoms with E-state index < -0.39 is 0 Å². The van der Waals surface area contributed by atoms with Crippen molar-refractivity contribution < 1.29 is 4.74 Å². The third kappa shape index (κ3) is 5.17. The number of hydrogen-bond donors (Lipinski definition) is 0. The molecule has 7 aromatic rings. The Labute approximate surface area is 296 Å². The third-order valence-electron chi connectivity index (χ3n) is 10.4. The summed E-state index contributed by atoms with van der Waals surface area (Å²) in [6.45, 7) is 0. The van der Waals surface area contributed by atoms with Crippen LogP contribution in [0.25, 0.3) is 45.3 Å². The lowest BCUT2D eigenvalue weighted by molar-refractivity contribution is 0.416. The number of rotatable bonds is 6. The molecule has 0 saturated carbocycles. The van der Waals surface area contributed by atoms with Crippen LogP contribution in [0, 0.1) is 0 Å². The highest BCUT2D eigenvalue weighted by Crippen LogP contribution is 2.52. The van der Waals surface area contributed by atoms with Gasteiger partial charge in [-0.2, -0.15) is 0 Å². The van der Waals surface area contributed by atoms with Gasteiger partial charge in [0.15, 0.2) is 17.5 Å². The molecule has 51 heavy (non-hydrogen) atoms. The van der Waals surface area contributed by atoms with Crippen LogP contribution >= 0.6 is 0 Å². The van der Waals surface area contributed by atoms with Gasteiger partial charge in [0.25, 0.3) is 0 Å². The van der Waals surface area contributed by atoms with Gasteiger partial charge in [0, 0.05) is 52.4 Å². The maximum atomic E-state index is 6.28. The van der Waals surface area contributed by atoms with Gasteiger partial charge >= 0.3 is 0 Å². The molecule has 5 nitrogen and oxygen atoms in total. The van der Waals surface area contributed by atoms with E-state index in [1.54, 1.807) is 0 Å². The summed E-state index contributed by atoms with van der Waals surface area (Å²) in [6, 6.07) is 48.7. The maximum Gasteiger partial charge on any atom is 0.165 e. The summed E-state index contributed by atoms with van der Waals surface area (Å²) < 4.78 is 6.28. The average Bonchev–Trinajstić information content (AvgIpc) is 3.74. The second kappa shape index (κ2) is 12.1. The third-order valence-corrected chi connectivity index (χ3v) is 10.4. The van der Waals surface area contributed by atoms with Gasteiger partial charge in [-0.1, -0.05) is 133 Å². The molecule has 0 amide bonds. The molecule has 3 unspecified atom stereocenters. The summed E-state index contributed by atoms with van der Waals surface area (Å²) in [5, 5.41) is 0. The SMILES string of the molecule is C1=CC(c2ccc3c(c2)-c2ccccc2C3Cc2ccc(-c3nc(-c4ccccc4)nc(-c4ccccc4)n3)cn2)C2C(=C1)Oc1ccccc12. The topological polar surface area (TPSA) is 60.8 Å². The lowest BCUT2D eigenvalue weighted by Gasteiger charge is -2.24. The largest absolute Gasteiger partial charge is 0.461 e. The first-order valence-electron chi connectivity index (χ1n) is 17.5. The van der Waals surface area contributed by atoms with Crippen LogP contribution < -0.4 is 4.74 Å². The molecule has 5 aromatic carbocycles. The Morgan fingerprint density at radius 1 is 0.549 bits per heavy atom. The number of fused-ring (bicyclic) bond motifs is 6. The van der Waals surface area contributed by atoms with Crippen molar-refractivity contribution in [3.05, 3.63) is 198 Å². The van der Waals surface area contributed by atoms with Crippen LogP contribution in [0.1, 0.15) is 45.7 Å². The lowest BCUT2D eigenvalue weighted by Crippen LogP contribution is -2.12. The van der Waals surface area contributed by atoms with E-state index in [0.29, 0.717) is 17.5 Å². The van der Waals surface area contributed by atoms with Gasteiger partial charge in [-0.05, 0) is 52.1 Å². The standard InChI is InChI=1S/C46H32N4O/c1-3-12-29(13-4-1)44-48-45(30-14-5-2-6-15-30)50-46(49-44)32-22-24-33(47-28-32)27-40-36-17-8-7-16-35(36)39-26-31(23-25-37(39)40)34-19-11-21-42-43(34)38-18-9-10-20-41(38)51-42/h1-26,28,34,40,43H,27H2. The molecular weight excluding hydrogens is 625 g/mol. The highest BCUT2D eigenvalue weighted by atomic mass is 16.5. The van der Waals surface area contributed by atoms with Crippen molar-refractivity contribution in [1.29, 1.82) is 0 Å². The van der Waals surface area contributed by atoms with Crippen molar-refractivity contribution in [3.63, 3.8) is 0 Å². The molecule has 5 heteroatoms. The summed E-state index contributed by atoms with van der Waals surface area (Å²) >= 11 is 0. The van der Waals surface area contributed by atoms with E-state index in [0.717, 1.165) is 40.3 Å². The number of hydrogen-bond acceptors (Lipinski definition) is 5. The zero-order valence-corrected chi connectivity index (χ0v) is 27.7. The number of para-hydroxylation sites is 1. The molecule has 0 radical (unpaired) electrons. The van der Waals surface area contributed by atoms with Gasteiger partial charge in [0.2, 0.25) is 0 Å². The maximum absolute atomic E-state index is 6.28. The first kappa shape index (κ1) is 29.5. The van der Waals surface area contributed by atoms with Gasteiger partial charge in [0.05, 0.1) is 5.92 Å². The van der Waals surface area contributed by atoms with E-state index in [2.05, 4.69) is 91.0 Å². The fourth-order valence-electron chi connectivity index (χ4n) is 7.94. The summed E-state index contributed by atoms with van der Waals surface area (Å²) in [4.78, 5) is 19.6. The van der Waals surface area contributed by atoms with Crippen LogP contribution in [0.2, 0.25) is 0 Å². The summed E-state index contributed by atoms with van der Waals surface area (Å²) in [6.07, 6.45) is 9.28. The normalized spacial score (nSPS) is 17.9. The highest BCUT2D eigenvalue weighted by molar-refractivity contribution is 5.80. The van der Waals surface area contributed by atoms with E-state index in [9.17, 15) is 0 Å². The van der Waals surface area contributed by atoms with Crippen molar-refractivity contribution in [1.82, 2.24) is 19.9 Å². The quantitative estimate of drug-likeness (QED) is 0.178. The van der Waals surface area contributed by atoms with Gasteiger partial charge in [0.1, 0.15) is 11.5 Å². The zero-order valence-electron chi connectivity index (χ0n) is 27.7. The van der Waals surface area contributed by atoms with Crippen molar-refractivity contribution >= 4 is 0 Å². The van der Waals surface area contributed by atoms with Gasteiger partial charge in [-0.25, -0.2) is 15.0 Å². The molecule has 3 aliphatic rings. The number of benzene rings is 5. The zero-order chi connectivity index (χ0) is 33.7. The van der Waals surface area contributed by atoms with Crippen LogP contribution in [-0.2, 0) is 6.42 Å². The lowest BCUT2D eigenvalue weighted by atomic mass is 9.78. The van der Waals surface area contributed by atoms with Crippen molar-refractivity contribution in [2.24, 2.45) is 0 Å². The minimum atomic E-state index is 0.191. The second-order valence-electron chi connectivity index (χ2n) is 13.4. The molecule has 0 bridgehead atoms. The summed E-state index contributed by atoms with van der Waals surface area (Å²) in [7, 11) is 0. The number of nitrogens with zero attached hydrogens (tertiary/aromatic N) is 4.